The van der Waals surface area contributed by atoms with Crippen molar-refractivity contribution in [2.45, 2.75) is 0 Å². The number of rotatable bonds is 2. The third kappa shape index (κ3) is 1.54. The topological polar surface area (TPSA) is 53.1 Å². The largest absolute Gasteiger partial charge is 0.352 e. The normalized spacial score (nSPS) is 10.9. The quantitative estimate of drug-likeness (QED) is 0.536. The molecule has 0 fully saturated rings. The SMILES string of the molecule is C=NNc1cc(Cl)cc2c1[nH]c1cnccc12. The van der Waals surface area contributed by atoms with E-state index in [1.165, 1.54) is 0 Å². The summed E-state index contributed by atoms with van der Waals surface area (Å²) in [4.78, 5) is 7.37. The van der Waals surface area contributed by atoms with Crippen LogP contribution in [0.15, 0.2) is 35.7 Å². The zero-order valence-electron chi connectivity index (χ0n) is 8.87. The molecule has 2 aromatic heterocycles. The molecule has 0 aliphatic rings. The Balaban J connectivity index is 2.46. The van der Waals surface area contributed by atoms with Gasteiger partial charge in [-0.25, -0.2) is 0 Å². The first-order valence-corrected chi connectivity index (χ1v) is 5.44. The highest BCUT2D eigenvalue weighted by Crippen LogP contribution is 2.32. The number of aromatic nitrogens is 2. The van der Waals surface area contributed by atoms with E-state index >= 15 is 0 Å². The van der Waals surface area contributed by atoms with E-state index < -0.39 is 0 Å². The molecule has 84 valence electrons. The van der Waals surface area contributed by atoms with Crippen molar-refractivity contribution in [1.82, 2.24) is 9.97 Å². The number of hydrazone groups is 1. The second kappa shape index (κ2) is 3.75. The average Bonchev–Trinajstić information content (AvgIpc) is 2.69. The van der Waals surface area contributed by atoms with Crippen LogP contribution in [0.1, 0.15) is 0 Å². The van der Waals surface area contributed by atoms with Gasteiger partial charge in [-0.15, -0.1) is 0 Å². The van der Waals surface area contributed by atoms with Crippen LogP contribution >= 0.6 is 11.6 Å². The molecular weight excluding hydrogens is 236 g/mol. The van der Waals surface area contributed by atoms with Gasteiger partial charge < -0.3 is 4.98 Å². The van der Waals surface area contributed by atoms with Crippen molar-refractivity contribution in [3.8, 4) is 0 Å². The van der Waals surface area contributed by atoms with Gasteiger partial charge in [-0.1, -0.05) is 11.6 Å². The predicted molar refractivity (Wildman–Crippen MR) is 71.8 cm³/mol. The predicted octanol–water partition coefficient (Wildman–Crippen LogP) is 3.40. The fourth-order valence-electron chi connectivity index (χ4n) is 1.99. The third-order valence-corrected chi connectivity index (χ3v) is 2.89. The first-order chi connectivity index (χ1) is 8.29. The molecule has 4 nitrogen and oxygen atoms in total. The maximum atomic E-state index is 6.09. The van der Waals surface area contributed by atoms with Crippen molar-refractivity contribution in [3.05, 3.63) is 35.6 Å². The van der Waals surface area contributed by atoms with Gasteiger partial charge in [0.1, 0.15) is 0 Å². The van der Waals surface area contributed by atoms with E-state index in [4.69, 9.17) is 11.6 Å². The molecule has 0 amide bonds. The molecule has 2 heterocycles. The summed E-state index contributed by atoms with van der Waals surface area (Å²) in [5.41, 5.74) is 5.55. The molecule has 0 aliphatic heterocycles. The van der Waals surface area contributed by atoms with Crippen LogP contribution < -0.4 is 5.43 Å². The first kappa shape index (κ1) is 10.1. The monoisotopic (exact) mass is 244 g/mol. The van der Waals surface area contributed by atoms with E-state index in [0.29, 0.717) is 5.02 Å². The van der Waals surface area contributed by atoms with Gasteiger partial charge in [-0.05, 0) is 18.2 Å². The lowest BCUT2D eigenvalue weighted by molar-refractivity contribution is 1.34. The molecule has 0 aliphatic carbocycles. The second-order valence-electron chi connectivity index (χ2n) is 3.69. The second-order valence-corrected chi connectivity index (χ2v) is 4.13. The maximum absolute atomic E-state index is 6.09. The summed E-state index contributed by atoms with van der Waals surface area (Å²) in [7, 11) is 0. The standard InChI is InChI=1S/C12H9ClN4/c1-14-17-10-5-7(13)4-9-8-2-3-15-6-11(8)16-12(9)10/h2-6,16-17H,1H2. The summed E-state index contributed by atoms with van der Waals surface area (Å²) < 4.78 is 0. The van der Waals surface area contributed by atoms with Gasteiger partial charge >= 0.3 is 0 Å². The van der Waals surface area contributed by atoms with Gasteiger partial charge in [0.15, 0.2) is 0 Å². The molecule has 0 bridgehead atoms. The van der Waals surface area contributed by atoms with Crippen molar-refractivity contribution >= 4 is 45.8 Å². The Bertz CT molecular complexity index is 717. The van der Waals surface area contributed by atoms with Crippen molar-refractivity contribution in [3.63, 3.8) is 0 Å². The number of nitrogens with one attached hydrogen (secondary N) is 2. The molecule has 0 saturated carbocycles. The Morgan fingerprint density at radius 3 is 3.06 bits per heavy atom. The van der Waals surface area contributed by atoms with Crippen LogP contribution in [0.4, 0.5) is 5.69 Å². The van der Waals surface area contributed by atoms with Crippen LogP contribution in [0.2, 0.25) is 5.02 Å². The van der Waals surface area contributed by atoms with Gasteiger partial charge in [0.25, 0.3) is 0 Å². The molecule has 2 N–H and O–H groups in total. The van der Waals surface area contributed by atoms with Crippen LogP contribution in [0.3, 0.4) is 0 Å². The Labute approximate surface area is 102 Å². The molecule has 0 saturated heterocycles. The van der Waals surface area contributed by atoms with E-state index in [1.807, 2.05) is 12.1 Å². The average molecular weight is 245 g/mol. The summed E-state index contributed by atoms with van der Waals surface area (Å²) in [6.07, 6.45) is 3.55. The highest BCUT2D eigenvalue weighted by atomic mass is 35.5. The van der Waals surface area contributed by atoms with Crippen LogP contribution in [0, 0.1) is 0 Å². The number of hydrogen-bond acceptors (Lipinski definition) is 3. The zero-order valence-corrected chi connectivity index (χ0v) is 9.62. The highest BCUT2D eigenvalue weighted by Gasteiger charge is 2.09. The molecule has 0 spiro atoms. The van der Waals surface area contributed by atoms with Gasteiger partial charge in [0.05, 0.1) is 22.9 Å². The minimum Gasteiger partial charge on any atom is -0.352 e. The molecule has 0 atom stereocenters. The fourth-order valence-corrected chi connectivity index (χ4v) is 2.21. The molecule has 3 aromatic rings. The number of halogens is 1. The van der Waals surface area contributed by atoms with Gasteiger partial charge in [-0.2, -0.15) is 5.10 Å². The van der Waals surface area contributed by atoms with Crippen LogP contribution in [-0.4, -0.2) is 16.7 Å². The zero-order chi connectivity index (χ0) is 11.8. The van der Waals surface area contributed by atoms with Crippen LogP contribution in [0.5, 0.6) is 0 Å². The summed E-state index contributed by atoms with van der Waals surface area (Å²) in [5.74, 6) is 0. The molecule has 1 aromatic carbocycles. The smallest absolute Gasteiger partial charge is 0.0817 e. The number of fused-ring (bicyclic) bond motifs is 3. The number of nitrogens with zero attached hydrogens (tertiary/aromatic N) is 2. The highest BCUT2D eigenvalue weighted by molar-refractivity contribution is 6.32. The Morgan fingerprint density at radius 1 is 1.35 bits per heavy atom. The van der Waals surface area contributed by atoms with Gasteiger partial charge in [-0.3, -0.25) is 10.4 Å². The number of aromatic amines is 1. The van der Waals surface area contributed by atoms with Crippen LogP contribution in [-0.2, 0) is 0 Å². The fraction of sp³-hybridized carbons (Fsp3) is 0. The summed E-state index contributed by atoms with van der Waals surface area (Å²) in [5, 5.41) is 6.46. The van der Waals surface area contributed by atoms with Gasteiger partial charge in [0, 0.05) is 28.7 Å². The van der Waals surface area contributed by atoms with E-state index in [2.05, 4.69) is 27.2 Å². The first-order valence-electron chi connectivity index (χ1n) is 5.06. The Kier molecular flexibility index (Phi) is 2.23. The lowest BCUT2D eigenvalue weighted by atomic mass is 10.2. The summed E-state index contributed by atoms with van der Waals surface area (Å²) >= 11 is 6.09. The van der Waals surface area contributed by atoms with Gasteiger partial charge in [0.2, 0.25) is 0 Å². The van der Waals surface area contributed by atoms with E-state index in [-0.39, 0.29) is 0 Å². The number of pyridine rings is 1. The lowest BCUT2D eigenvalue weighted by Crippen LogP contribution is -1.87. The number of hydrogen-bond donors (Lipinski definition) is 2. The molecule has 3 rings (SSSR count). The minimum absolute atomic E-state index is 0.654. The number of anilines is 1. The summed E-state index contributed by atoms with van der Waals surface area (Å²) in [6, 6.07) is 5.68. The van der Waals surface area contributed by atoms with Crippen molar-refractivity contribution in [1.29, 1.82) is 0 Å². The van der Waals surface area contributed by atoms with Crippen LogP contribution in [0.25, 0.3) is 21.8 Å². The van der Waals surface area contributed by atoms with Crippen molar-refractivity contribution in [2.24, 2.45) is 5.10 Å². The number of H-pyrrole nitrogens is 1. The minimum atomic E-state index is 0.654. The van der Waals surface area contributed by atoms with E-state index in [1.54, 1.807) is 18.5 Å². The Hall–Kier alpha value is -2.07. The maximum Gasteiger partial charge on any atom is 0.0817 e. The molecule has 17 heavy (non-hydrogen) atoms. The molecule has 5 heteroatoms. The molecule has 0 radical (unpaired) electrons. The van der Waals surface area contributed by atoms with E-state index in [9.17, 15) is 0 Å². The van der Waals surface area contributed by atoms with E-state index in [0.717, 1.165) is 27.5 Å². The number of benzene rings is 1. The van der Waals surface area contributed by atoms with Crippen molar-refractivity contribution < 1.29 is 0 Å². The molecule has 0 unspecified atom stereocenters. The summed E-state index contributed by atoms with van der Waals surface area (Å²) in [6.45, 7) is 3.42. The third-order valence-electron chi connectivity index (χ3n) is 2.67. The van der Waals surface area contributed by atoms with Crippen molar-refractivity contribution in [2.75, 3.05) is 5.43 Å². The molecular formula is C12H9ClN4. The lowest BCUT2D eigenvalue weighted by Gasteiger charge is -2.02. The Morgan fingerprint density at radius 2 is 2.24 bits per heavy atom.